The number of anilines is 1. The lowest BCUT2D eigenvalue weighted by molar-refractivity contribution is -0.124. The van der Waals surface area contributed by atoms with Crippen LogP contribution in [0, 0.1) is 11.8 Å². The zero-order valence-corrected chi connectivity index (χ0v) is 15.2. The molecule has 0 saturated carbocycles. The third kappa shape index (κ3) is 2.04. The summed E-state index contributed by atoms with van der Waals surface area (Å²) in [6, 6.07) is 0. The smallest absolute Gasteiger partial charge is 0.341 e. The number of imide groups is 1. The molecule has 2 saturated heterocycles. The molecule has 4 atom stereocenters. The highest BCUT2D eigenvalue weighted by Gasteiger charge is 2.61. The second-order valence-electron chi connectivity index (χ2n) is 7.13. The van der Waals surface area contributed by atoms with Crippen molar-refractivity contribution < 1.29 is 23.9 Å². The largest absolute Gasteiger partial charge is 0.462 e. The molecule has 4 heterocycles. The van der Waals surface area contributed by atoms with E-state index in [1.54, 1.807) is 6.92 Å². The molecule has 0 spiro atoms. The lowest BCUT2D eigenvalue weighted by Crippen LogP contribution is -2.35. The van der Waals surface area contributed by atoms with Crippen molar-refractivity contribution in [1.29, 1.82) is 0 Å². The number of rotatable bonds is 3. The Kier molecular flexibility index (Phi) is 3.59. The molecular formula is C19H19NO5S. The van der Waals surface area contributed by atoms with Crippen LogP contribution in [-0.2, 0) is 31.9 Å². The lowest BCUT2D eigenvalue weighted by Gasteiger charge is -2.18. The van der Waals surface area contributed by atoms with Gasteiger partial charge in [0.2, 0.25) is 11.8 Å². The Morgan fingerprint density at radius 2 is 1.85 bits per heavy atom. The number of hydrogen-bond acceptors (Lipinski definition) is 6. The van der Waals surface area contributed by atoms with E-state index in [-0.39, 0.29) is 30.6 Å². The van der Waals surface area contributed by atoms with Crippen molar-refractivity contribution >= 4 is 34.1 Å². The van der Waals surface area contributed by atoms with Gasteiger partial charge in [0.1, 0.15) is 5.00 Å². The zero-order chi connectivity index (χ0) is 18.0. The summed E-state index contributed by atoms with van der Waals surface area (Å²) in [4.78, 5) is 41.2. The van der Waals surface area contributed by atoms with Gasteiger partial charge < -0.3 is 9.47 Å². The maximum atomic E-state index is 13.1. The summed E-state index contributed by atoms with van der Waals surface area (Å²) in [6.45, 7) is 2.02. The van der Waals surface area contributed by atoms with E-state index in [4.69, 9.17) is 9.47 Å². The van der Waals surface area contributed by atoms with Crippen LogP contribution in [0.25, 0.3) is 0 Å². The molecule has 0 radical (unpaired) electrons. The Morgan fingerprint density at radius 1 is 1.19 bits per heavy atom. The molecule has 7 heteroatoms. The van der Waals surface area contributed by atoms with Crippen molar-refractivity contribution in [1.82, 2.24) is 0 Å². The molecule has 3 aliphatic heterocycles. The van der Waals surface area contributed by atoms with Crippen LogP contribution in [0.15, 0.2) is 12.2 Å². The van der Waals surface area contributed by atoms with Gasteiger partial charge >= 0.3 is 5.97 Å². The van der Waals surface area contributed by atoms with Crippen LogP contribution < -0.4 is 4.90 Å². The van der Waals surface area contributed by atoms with Crippen LogP contribution in [0.5, 0.6) is 0 Å². The molecule has 4 aliphatic rings. The number of hydrogen-bond donors (Lipinski definition) is 0. The van der Waals surface area contributed by atoms with E-state index in [0.717, 1.165) is 36.1 Å². The minimum atomic E-state index is -0.466. The van der Waals surface area contributed by atoms with Gasteiger partial charge in [0, 0.05) is 4.88 Å². The Hall–Kier alpha value is -1.99. The van der Waals surface area contributed by atoms with Crippen LogP contribution in [0.4, 0.5) is 5.00 Å². The number of ether oxygens (including phenoxy) is 2. The normalized spacial score (nSPS) is 31.5. The van der Waals surface area contributed by atoms with Crippen molar-refractivity contribution in [2.24, 2.45) is 11.8 Å². The van der Waals surface area contributed by atoms with Gasteiger partial charge in [-0.05, 0) is 38.2 Å². The zero-order valence-electron chi connectivity index (χ0n) is 14.4. The van der Waals surface area contributed by atoms with Gasteiger partial charge in [0.05, 0.1) is 36.2 Å². The summed E-state index contributed by atoms with van der Waals surface area (Å²) >= 11 is 1.40. The number of amides is 2. The molecule has 5 rings (SSSR count). The fourth-order valence-electron chi connectivity index (χ4n) is 4.63. The fraction of sp³-hybridized carbons (Fsp3) is 0.526. The van der Waals surface area contributed by atoms with Gasteiger partial charge in [-0.15, -0.1) is 11.3 Å². The average Bonchev–Trinajstić information content (AvgIpc) is 3.37. The van der Waals surface area contributed by atoms with Crippen molar-refractivity contribution in [2.75, 3.05) is 11.5 Å². The van der Waals surface area contributed by atoms with E-state index < -0.39 is 17.8 Å². The minimum Gasteiger partial charge on any atom is -0.462 e. The molecule has 1 aromatic heterocycles. The van der Waals surface area contributed by atoms with E-state index in [1.165, 1.54) is 16.2 Å². The second-order valence-corrected chi connectivity index (χ2v) is 8.21. The van der Waals surface area contributed by atoms with Gasteiger partial charge in [-0.2, -0.15) is 0 Å². The van der Waals surface area contributed by atoms with Crippen molar-refractivity contribution in [3.8, 4) is 0 Å². The maximum absolute atomic E-state index is 13.1. The molecule has 2 amide bonds. The number of carbonyl (C=O) groups is 3. The predicted octanol–water partition coefficient (Wildman–Crippen LogP) is 2.25. The predicted molar refractivity (Wildman–Crippen MR) is 94.2 cm³/mol. The molecule has 2 bridgehead atoms. The minimum absolute atomic E-state index is 0.249. The SMILES string of the molecule is CCOC(=O)c1c(N2C(=O)[C@@H]3[C@H](C2=O)[C@H]2C=C[C@H]3O2)sc2c1CCCC2. The quantitative estimate of drug-likeness (QED) is 0.462. The van der Waals surface area contributed by atoms with E-state index in [1.807, 2.05) is 12.2 Å². The Morgan fingerprint density at radius 3 is 2.50 bits per heavy atom. The molecule has 26 heavy (non-hydrogen) atoms. The molecule has 0 unspecified atom stereocenters. The summed E-state index contributed by atoms with van der Waals surface area (Å²) in [5.74, 6) is -1.86. The van der Waals surface area contributed by atoms with Crippen molar-refractivity contribution in [2.45, 2.75) is 44.8 Å². The Labute approximate surface area is 154 Å². The highest BCUT2D eigenvalue weighted by Crippen LogP contribution is 2.49. The number of fused-ring (bicyclic) bond motifs is 6. The lowest BCUT2D eigenvalue weighted by atomic mass is 9.85. The molecule has 0 N–H and O–H groups in total. The monoisotopic (exact) mass is 373 g/mol. The average molecular weight is 373 g/mol. The third-order valence-corrected chi connectivity index (χ3v) is 7.02. The molecule has 6 nitrogen and oxygen atoms in total. The second kappa shape index (κ2) is 5.76. The molecule has 136 valence electrons. The number of esters is 1. The summed E-state index contributed by atoms with van der Waals surface area (Å²) in [7, 11) is 0. The highest BCUT2D eigenvalue weighted by molar-refractivity contribution is 7.17. The van der Waals surface area contributed by atoms with Gasteiger partial charge in [-0.1, -0.05) is 12.2 Å². The first-order valence-electron chi connectivity index (χ1n) is 9.15. The van der Waals surface area contributed by atoms with Crippen LogP contribution >= 0.6 is 11.3 Å². The number of aryl methyl sites for hydroxylation is 1. The van der Waals surface area contributed by atoms with Crippen LogP contribution in [0.3, 0.4) is 0 Å². The standard InChI is InChI=1S/C19H19NO5S/c1-2-24-19(23)13-9-5-3-4-6-12(9)26-18(13)20-16(21)14-10-7-8-11(25-10)15(14)17(20)22/h7-8,10-11,14-15H,2-6H2,1H3/t10-,11-,14-,15+/m1/s1. The van der Waals surface area contributed by atoms with E-state index in [0.29, 0.717) is 10.6 Å². The first-order valence-corrected chi connectivity index (χ1v) is 9.96. The number of thiophene rings is 1. The van der Waals surface area contributed by atoms with Gasteiger partial charge in [0.25, 0.3) is 0 Å². The van der Waals surface area contributed by atoms with E-state index in [2.05, 4.69) is 0 Å². The summed E-state index contributed by atoms with van der Waals surface area (Å²) in [6.07, 6.45) is 6.82. The topological polar surface area (TPSA) is 72.9 Å². The van der Waals surface area contributed by atoms with Crippen molar-refractivity contribution in [3.63, 3.8) is 0 Å². The maximum Gasteiger partial charge on any atom is 0.341 e. The summed E-state index contributed by atoms with van der Waals surface area (Å²) in [5.41, 5.74) is 1.39. The van der Waals surface area contributed by atoms with Crippen molar-refractivity contribution in [3.05, 3.63) is 28.2 Å². The molecule has 0 aromatic carbocycles. The summed E-state index contributed by atoms with van der Waals surface area (Å²) < 4.78 is 10.9. The highest BCUT2D eigenvalue weighted by atomic mass is 32.1. The summed E-state index contributed by atoms with van der Waals surface area (Å²) in [5, 5.41) is 0.458. The Balaban J connectivity index is 1.60. The third-order valence-electron chi connectivity index (χ3n) is 5.75. The first kappa shape index (κ1) is 16.2. The van der Waals surface area contributed by atoms with E-state index >= 15 is 0 Å². The Bertz CT molecular complexity index is 826. The van der Waals surface area contributed by atoms with E-state index in [9.17, 15) is 14.4 Å². The number of carbonyl (C=O) groups excluding carboxylic acids is 3. The van der Waals surface area contributed by atoms with Gasteiger partial charge in [-0.25, -0.2) is 9.69 Å². The van der Waals surface area contributed by atoms with Crippen LogP contribution in [0.2, 0.25) is 0 Å². The van der Waals surface area contributed by atoms with Gasteiger partial charge in [-0.3, -0.25) is 9.59 Å². The fourth-order valence-corrected chi connectivity index (χ4v) is 6.01. The molecule has 1 aliphatic carbocycles. The number of nitrogens with zero attached hydrogens (tertiary/aromatic N) is 1. The molecular weight excluding hydrogens is 354 g/mol. The first-order chi connectivity index (χ1) is 12.6. The molecule has 1 aromatic rings. The van der Waals surface area contributed by atoms with Gasteiger partial charge in [0.15, 0.2) is 0 Å². The molecule has 2 fully saturated rings. The van der Waals surface area contributed by atoms with Crippen LogP contribution in [0.1, 0.15) is 40.6 Å². The van der Waals surface area contributed by atoms with Crippen LogP contribution in [-0.4, -0.2) is 36.6 Å².